The lowest BCUT2D eigenvalue weighted by Crippen LogP contribution is -2.47. The van der Waals surface area contributed by atoms with E-state index in [2.05, 4.69) is 5.32 Å². The van der Waals surface area contributed by atoms with Crippen molar-refractivity contribution in [3.8, 4) is 0 Å². The van der Waals surface area contributed by atoms with Gasteiger partial charge in [0.25, 0.3) is 0 Å². The molecule has 0 rings (SSSR count). The number of hydrogen-bond acceptors (Lipinski definition) is 3. The number of nitrogens with two attached hydrogens (primary N) is 1. The van der Waals surface area contributed by atoms with E-state index in [0.29, 0.717) is 4.90 Å². The zero-order valence-electron chi connectivity index (χ0n) is 8.80. The quantitative estimate of drug-likeness (QED) is 0.650. The van der Waals surface area contributed by atoms with Crippen molar-refractivity contribution in [3.63, 3.8) is 0 Å². The second-order valence-electron chi connectivity index (χ2n) is 2.98. The molecule has 0 aliphatic rings. The molecule has 0 heterocycles. The highest BCUT2D eigenvalue weighted by atomic mass is 19.4. The van der Waals surface area contributed by atoms with Crippen LogP contribution in [-0.4, -0.2) is 49.1 Å². The molecular formula is C8H14F3N3O2. The molecule has 0 aliphatic carbocycles. The number of nitrogens with zero attached hydrogens (tertiary/aromatic N) is 1. The second kappa shape index (κ2) is 6.31. The number of carbonyl (C=O) groups is 2. The molecule has 0 saturated carbocycles. The lowest BCUT2D eigenvalue weighted by molar-refractivity contribution is -0.164. The molecule has 0 spiro atoms. The van der Waals surface area contributed by atoms with Crippen LogP contribution >= 0.6 is 0 Å². The van der Waals surface area contributed by atoms with Gasteiger partial charge in [0.15, 0.2) is 0 Å². The minimum atomic E-state index is -4.51. The molecule has 5 nitrogen and oxygen atoms in total. The first-order valence-corrected chi connectivity index (χ1v) is 4.65. The number of halogens is 3. The van der Waals surface area contributed by atoms with Gasteiger partial charge in [-0.1, -0.05) is 0 Å². The van der Waals surface area contributed by atoms with E-state index in [1.165, 1.54) is 6.92 Å². The van der Waals surface area contributed by atoms with E-state index in [-0.39, 0.29) is 19.6 Å². The fraction of sp³-hybridized carbons (Fsp3) is 0.750. The van der Waals surface area contributed by atoms with Crippen molar-refractivity contribution >= 4 is 11.8 Å². The Bertz CT molecular complexity index is 255. The Labute approximate surface area is 90.8 Å². The maximum absolute atomic E-state index is 12.0. The Hall–Kier alpha value is -1.31. The van der Waals surface area contributed by atoms with Crippen LogP contribution in [0.2, 0.25) is 0 Å². The van der Waals surface area contributed by atoms with E-state index in [1.807, 2.05) is 0 Å². The van der Waals surface area contributed by atoms with Gasteiger partial charge in [-0.05, 0) is 6.92 Å². The van der Waals surface area contributed by atoms with Crippen LogP contribution in [0, 0.1) is 0 Å². The van der Waals surface area contributed by atoms with Gasteiger partial charge in [0.1, 0.15) is 6.54 Å². The van der Waals surface area contributed by atoms with Crippen LogP contribution in [0.4, 0.5) is 13.2 Å². The molecule has 3 N–H and O–H groups in total. The molecule has 0 saturated heterocycles. The SMILES string of the molecule is CCN(CC(F)(F)F)C(=O)C(=O)NCCN. The number of carbonyl (C=O) groups excluding carboxylic acids is 2. The maximum Gasteiger partial charge on any atom is 0.406 e. The fourth-order valence-electron chi connectivity index (χ4n) is 0.949. The molecule has 0 aromatic heterocycles. The molecule has 2 amide bonds. The third-order valence-electron chi connectivity index (χ3n) is 1.66. The molecule has 16 heavy (non-hydrogen) atoms. The van der Waals surface area contributed by atoms with Gasteiger partial charge in [0, 0.05) is 19.6 Å². The van der Waals surface area contributed by atoms with Crippen LogP contribution < -0.4 is 11.1 Å². The number of alkyl halides is 3. The molecule has 8 heteroatoms. The first-order chi connectivity index (χ1) is 7.31. The summed E-state index contributed by atoms with van der Waals surface area (Å²) in [6, 6.07) is 0. The highest BCUT2D eigenvalue weighted by molar-refractivity contribution is 6.35. The van der Waals surface area contributed by atoms with Crippen LogP contribution in [-0.2, 0) is 9.59 Å². The molecule has 0 unspecified atom stereocenters. The summed E-state index contributed by atoms with van der Waals surface area (Å²) in [5, 5.41) is 2.11. The van der Waals surface area contributed by atoms with Gasteiger partial charge in [-0.25, -0.2) is 0 Å². The first kappa shape index (κ1) is 14.7. The normalized spacial score (nSPS) is 11.1. The van der Waals surface area contributed by atoms with Gasteiger partial charge in [-0.15, -0.1) is 0 Å². The topological polar surface area (TPSA) is 75.4 Å². The fourth-order valence-corrected chi connectivity index (χ4v) is 0.949. The van der Waals surface area contributed by atoms with Crippen LogP contribution in [0.5, 0.6) is 0 Å². The van der Waals surface area contributed by atoms with E-state index in [9.17, 15) is 22.8 Å². The van der Waals surface area contributed by atoms with E-state index < -0.39 is 24.5 Å². The lowest BCUT2D eigenvalue weighted by Gasteiger charge is -2.21. The average Bonchev–Trinajstić information content (AvgIpc) is 2.20. The molecule has 0 aromatic carbocycles. The number of likely N-dealkylation sites (N-methyl/N-ethyl adjacent to an activating group) is 1. The monoisotopic (exact) mass is 241 g/mol. The summed E-state index contributed by atoms with van der Waals surface area (Å²) in [5.74, 6) is -2.27. The number of amides is 2. The summed E-state index contributed by atoms with van der Waals surface area (Å²) in [5.41, 5.74) is 5.07. The predicted octanol–water partition coefficient (Wildman–Crippen LogP) is -0.528. The van der Waals surface area contributed by atoms with Crippen molar-refractivity contribution in [2.45, 2.75) is 13.1 Å². The van der Waals surface area contributed by atoms with Crippen molar-refractivity contribution < 1.29 is 22.8 Å². The zero-order chi connectivity index (χ0) is 12.8. The minimum Gasteiger partial charge on any atom is -0.347 e. The third kappa shape index (κ3) is 5.54. The molecule has 0 bridgehead atoms. The highest BCUT2D eigenvalue weighted by Gasteiger charge is 2.34. The Morgan fingerprint density at radius 2 is 1.94 bits per heavy atom. The molecule has 94 valence electrons. The Morgan fingerprint density at radius 1 is 1.38 bits per heavy atom. The number of rotatable bonds is 4. The Morgan fingerprint density at radius 3 is 2.31 bits per heavy atom. The van der Waals surface area contributed by atoms with E-state index in [0.717, 1.165) is 0 Å². The average molecular weight is 241 g/mol. The summed E-state index contributed by atoms with van der Waals surface area (Å²) in [6.07, 6.45) is -4.51. The van der Waals surface area contributed by atoms with Gasteiger partial charge >= 0.3 is 18.0 Å². The number of nitrogens with one attached hydrogen (secondary N) is 1. The molecule has 0 atom stereocenters. The Kier molecular flexibility index (Phi) is 5.79. The van der Waals surface area contributed by atoms with E-state index in [1.54, 1.807) is 0 Å². The van der Waals surface area contributed by atoms with Crippen molar-refractivity contribution in [3.05, 3.63) is 0 Å². The smallest absolute Gasteiger partial charge is 0.347 e. The van der Waals surface area contributed by atoms with E-state index >= 15 is 0 Å². The largest absolute Gasteiger partial charge is 0.406 e. The van der Waals surface area contributed by atoms with Gasteiger partial charge in [-0.2, -0.15) is 13.2 Å². The van der Waals surface area contributed by atoms with Crippen LogP contribution in [0.15, 0.2) is 0 Å². The Balaban J connectivity index is 4.36. The first-order valence-electron chi connectivity index (χ1n) is 4.65. The summed E-state index contributed by atoms with van der Waals surface area (Å²) < 4.78 is 36.1. The van der Waals surface area contributed by atoms with Gasteiger partial charge in [0.05, 0.1) is 0 Å². The summed E-state index contributed by atoms with van der Waals surface area (Å²) in [4.78, 5) is 22.7. The summed E-state index contributed by atoms with van der Waals surface area (Å²) >= 11 is 0. The molecular weight excluding hydrogens is 227 g/mol. The zero-order valence-corrected chi connectivity index (χ0v) is 8.80. The van der Waals surface area contributed by atoms with Crippen LogP contribution in [0.1, 0.15) is 6.92 Å². The molecule has 0 aliphatic heterocycles. The maximum atomic E-state index is 12.0. The minimum absolute atomic E-state index is 0.0497. The number of hydrogen-bond donors (Lipinski definition) is 2. The second-order valence-corrected chi connectivity index (χ2v) is 2.98. The molecule has 0 aromatic rings. The summed E-state index contributed by atoms with van der Waals surface area (Å²) in [6.45, 7) is -0.0921. The summed E-state index contributed by atoms with van der Waals surface area (Å²) in [7, 11) is 0. The van der Waals surface area contributed by atoms with Gasteiger partial charge in [0.2, 0.25) is 0 Å². The van der Waals surface area contributed by atoms with Crippen molar-refractivity contribution in [2.75, 3.05) is 26.2 Å². The van der Waals surface area contributed by atoms with Crippen molar-refractivity contribution in [2.24, 2.45) is 5.73 Å². The van der Waals surface area contributed by atoms with Crippen LogP contribution in [0.3, 0.4) is 0 Å². The predicted molar refractivity (Wildman–Crippen MR) is 50.4 cm³/mol. The van der Waals surface area contributed by atoms with Crippen molar-refractivity contribution in [1.29, 1.82) is 0 Å². The highest BCUT2D eigenvalue weighted by Crippen LogP contribution is 2.16. The third-order valence-corrected chi connectivity index (χ3v) is 1.66. The van der Waals surface area contributed by atoms with Crippen LogP contribution in [0.25, 0.3) is 0 Å². The van der Waals surface area contributed by atoms with Crippen molar-refractivity contribution in [1.82, 2.24) is 10.2 Å². The molecule has 0 radical (unpaired) electrons. The standard InChI is InChI=1S/C8H14F3N3O2/c1-2-14(5-8(9,10)11)7(16)6(15)13-4-3-12/h2-5,12H2,1H3,(H,13,15). The molecule has 0 fully saturated rings. The van der Waals surface area contributed by atoms with Gasteiger partial charge in [-0.3, -0.25) is 9.59 Å². The lowest BCUT2D eigenvalue weighted by atomic mass is 10.4. The van der Waals surface area contributed by atoms with Gasteiger partial charge < -0.3 is 16.0 Å². The van der Waals surface area contributed by atoms with E-state index in [4.69, 9.17) is 5.73 Å².